The van der Waals surface area contributed by atoms with Gasteiger partial charge < -0.3 is 0 Å². The van der Waals surface area contributed by atoms with E-state index < -0.39 is 21.1 Å². The summed E-state index contributed by atoms with van der Waals surface area (Å²) in [7, 11) is -5.03. The van der Waals surface area contributed by atoms with Gasteiger partial charge in [0.25, 0.3) is 9.84 Å². The van der Waals surface area contributed by atoms with Gasteiger partial charge in [-0.05, 0) is 0 Å². The summed E-state index contributed by atoms with van der Waals surface area (Å²) < 4.78 is 54.8. The molecule has 0 aliphatic rings. The molecule has 0 amide bonds. The van der Waals surface area contributed by atoms with Crippen LogP contribution >= 0.6 is 11.6 Å². The van der Waals surface area contributed by atoms with E-state index in [2.05, 4.69) is 0 Å². The lowest BCUT2D eigenvalue weighted by molar-refractivity contribution is -0.0432. The van der Waals surface area contributed by atoms with E-state index in [1.54, 1.807) is 0 Å². The van der Waals surface area contributed by atoms with Crippen LogP contribution in [0.2, 0.25) is 0 Å². The maximum Gasteiger partial charge on any atom is 0.497 e. The average Bonchev–Trinajstić information content (AvgIpc) is 1.81. The monoisotopic (exact) mass is 208 g/mol. The van der Waals surface area contributed by atoms with Crippen LogP contribution in [0.4, 0.5) is 13.2 Å². The van der Waals surface area contributed by atoms with E-state index in [9.17, 15) is 21.6 Å². The maximum atomic E-state index is 11.5. The van der Waals surface area contributed by atoms with E-state index in [0.29, 0.717) is 6.08 Å². The molecule has 0 saturated carbocycles. The van der Waals surface area contributed by atoms with Crippen molar-refractivity contribution in [3.05, 3.63) is 11.6 Å². The highest BCUT2D eigenvalue weighted by molar-refractivity contribution is 7.92. The first-order valence-corrected chi connectivity index (χ1v) is 4.44. The van der Waals surface area contributed by atoms with Crippen LogP contribution in [0.25, 0.3) is 0 Å². The van der Waals surface area contributed by atoms with E-state index in [1.807, 2.05) is 0 Å². The van der Waals surface area contributed by atoms with Crippen LogP contribution in [0.15, 0.2) is 11.6 Å². The summed E-state index contributed by atoms with van der Waals surface area (Å²) in [6, 6.07) is 0. The van der Waals surface area contributed by atoms with Gasteiger partial charge in [0, 0.05) is 5.54 Å². The largest absolute Gasteiger partial charge is 0.497 e. The molecule has 0 atom stereocenters. The number of sulfone groups is 1. The second kappa shape index (κ2) is 3.44. The van der Waals surface area contributed by atoms with E-state index in [4.69, 9.17) is 11.6 Å². The number of hydrogen-bond donors (Lipinski definition) is 0. The molecule has 0 radical (unpaired) electrons. The number of hydrogen-bond acceptors (Lipinski definition) is 2. The zero-order valence-electron chi connectivity index (χ0n) is 5.10. The normalized spacial score (nSPS) is 14.2. The van der Waals surface area contributed by atoms with Crippen LogP contribution in [-0.2, 0) is 9.84 Å². The number of halogens is 4. The molecule has 0 fully saturated rings. The SMILES string of the molecule is O=S(=O)(C/C=C/Cl)C(F)(F)F. The topological polar surface area (TPSA) is 34.1 Å². The smallest absolute Gasteiger partial charge is 0.219 e. The fourth-order valence-corrected chi connectivity index (χ4v) is 0.991. The van der Waals surface area contributed by atoms with Gasteiger partial charge in [0.05, 0.1) is 5.75 Å². The Labute approximate surface area is 66.6 Å². The second-order valence-electron chi connectivity index (χ2n) is 1.59. The Balaban J connectivity index is 4.50. The quantitative estimate of drug-likeness (QED) is 0.692. The van der Waals surface area contributed by atoms with E-state index >= 15 is 0 Å². The summed E-state index contributed by atoms with van der Waals surface area (Å²) in [6.07, 6.45) is 0.713. The Hall–Kier alpha value is -0.230. The minimum atomic E-state index is -5.19. The van der Waals surface area contributed by atoms with Crippen molar-refractivity contribution in [2.24, 2.45) is 0 Å². The molecule has 0 aromatic carbocycles. The minimum Gasteiger partial charge on any atom is -0.219 e. The molecule has 0 aliphatic heterocycles. The molecule has 0 spiro atoms. The number of rotatable bonds is 2. The fraction of sp³-hybridized carbons (Fsp3) is 0.500. The molecular formula is C4H4ClF3O2S. The average molecular weight is 209 g/mol. The molecule has 0 aliphatic carbocycles. The van der Waals surface area contributed by atoms with Gasteiger partial charge >= 0.3 is 5.51 Å². The van der Waals surface area contributed by atoms with Crippen LogP contribution in [0.3, 0.4) is 0 Å². The molecule has 7 heteroatoms. The Bertz CT molecular complexity index is 241. The van der Waals surface area contributed by atoms with Crippen molar-refractivity contribution in [1.29, 1.82) is 0 Å². The zero-order valence-corrected chi connectivity index (χ0v) is 6.67. The Morgan fingerprint density at radius 2 is 1.82 bits per heavy atom. The molecule has 0 unspecified atom stereocenters. The third-order valence-corrected chi connectivity index (χ3v) is 2.27. The standard InChI is InChI=1S/C4H4ClF3O2S/c5-2-1-3-11(9,10)4(6,7)8/h1-2H,3H2/b2-1+. The van der Waals surface area contributed by atoms with Gasteiger partial charge in [-0.2, -0.15) is 13.2 Å². The van der Waals surface area contributed by atoms with E-state index in [0.717, 1.165) is 5.54 Å². The van der Waals surface area contributed by atoms with Crippen molar-refractivity contribution in [2.45, 2.75) is 5.51 Å². The van der Waals surface area contributed by atoms with Crippen molar-refractivity contribution in [3.8, 4) is 0 Å². The van der Waals surface area contributed by atoms with Crippen LogP contribution in [0.1, 0.15) is 0 Å². The van der Waals surface area contributed by atoms with Crippen molar-refractivity contribution < 1.29 is 21.6 Å². The van der Waals surface area contributed by atoms with Crippen LogP contribution in [-0.4, -0.2) is 19.7 Å². The molecule has 0 aromatic rings. The zero-order chi connectivity index (χ0) is 9.12. The highest BCUT2D eigenvalue weighted by atomic mass is 35.5. The summed E-state index contributed by atoms with van der Waals surface area (Å²) >= 11 is 4.85. The van der Waals surface area contributed by atoms with Gasteiger partial charge in [0.2, 0.25) is 0 Å². The first-order valence-electron chi connectivity index (χ1n) is 2.35. The van der Waals surface area contributed by atoms with E-state index in [-0.39, 0.29) is 0 Å². The first kappa shape index (κ1) is 10.8. The summed E-state index contributed by atoms with van der Waals surface area (Å²) in [5.74, 6) is -1.11. The van der Waals surface area contributed by atoms with E-state index in [1.165, 1.54) is 0 Å². The van der Waals surface area contributed by atoms with Crippen LogP contribution in [0.5, 0.6) is 0 Å². The molecule has 0 heterocycles. The van der Waals surface area contributed by atoms with Crippen LogP contribution in [0, 0.1) is 0 Å². The number of alkyl halides is 3. The lowest BCUT2D eigenvalue weighted by atomic mass is 10.8. The molecule has 66 valence electrons. The van der Waals surface area contributed by atoms with Gasteiger partial charge in [-0.15, -0.1) is 0 Å². The van der Waals surface area contributed by atoms with Crippen molar-refractivity contribution >= 4 is 21.4 Å². The third-order valence-electron chi connectivity index (χ3n) is 0.757. The molecule has 0 aromatic heterocycles. The van der Waals surface area contributed by atoms with Gasteiger partial charge in [-0.3, -0.25) is 0 Å². The van der Waals surface area contributed by atoms with Gasteiger partial charge in [-0.1, -0.05) is 17.7 Å². The summed E-state index contributed by atoms with van der Waals surface area (Å²) in [4.78, 5) is 0. The molecule has 0 N–H and O–H groups in total. The second-order valence-corrected chi connectivity index (χ2v) is 3.87. The molecule has 0 bridgehead atoms. The molecule has 2 nitrogen and oxygen atoms in total. The van der Waals surface area contributed by atoms with Crippen molar-refractivity contribution in [3.63, 3.8) is 0 Å². The van der Waals surface area contributed by atoms with Crippen molar-refractivity contribution in [2.75, 3.05) is 5.75 Å². The molecular weight excluding hydrogens is 205 g/mol. The maximum absolute atomic E-state index is 11.5. The molecule has 11 heavy (non-hydrogen) atoms. The molecule has 0 rings (SSSR count). The van der Waals surface area contributed by atoms with Gasteiger partial charge in [0.1, 0.15) is 0 Å². The fourth-order valence-electron chi connectivity index (χ4n) is 0.258. The highest BCUT2D eigenvalue weighted by Gasteiger charge is 2.44. The Morgan fingerprint density at radius 1 is 1.36 bits per heavy atom. The van der Waals surface area contributed by atoms with Crippen molar-refractivity contribution in [1.82, 2.24) is 0 Å². The van der Waals surface area contributed by atoms with Gasteiger partial charge in [0.15, 0.2) is 0 Å². The van der Waals surface area contributed by atoms with Crippen LogP contribution < -0.4 is 0 Å². The lowest BCUT2D eigenvalue weighted by Gasteiger charge is -2.03. The van der Waals surface area contributed by atoms with Gasteiger partial charge in [-0.25, -0.2) is 8.42 Å². The first-order chi connectivity index (χ1) is 4.81. The summed E-state index contributed by atoms with van der Waals surface area (Å²) in [5.41, 5.74) is -4.47. The predicted molar refractivity (Wildman–Crippen MR) is 34.8 cm³/mol. The minimum absolute atomic E-state index is 0.713. The highest BCUT2D eigenvalue weighted by Crippen LogP contribution is 2.23. The predicted octanol–water partition coefficient (Wildman–Crippen LogP) is 1.67. The Morgan fingerprint density at radius 3 is 2.09 bits per heavy atom. The summed E-state index contributed by atoms with van der Waals surface area (Å²) in [6.45, 7) is 0. The summed E-state index contributed by atoms with van der Waals surface area (Å²) in [5, 5.41) is 0. The third kappa shape index (κ3) is 3.11. The molecule has 0 saturated heterocycles. The lowest BCUT2D eigenvalue weighted by Crippen LogP contribution is -2.25. The Kier molecular flexibility index (Phi) is 3.37.